The van der Waals surface area contributed by atoms with Crippen LogP contribution in [0.4, 0.5) is 0 Å². The predicted octanol–water partition coefficient (Wildman–Crippen LogP) is 3.60. The molecule has 2 aromatic heterocycles. The Morgan fingerprint density at radius 3 is 2.40 bits per heavy atom. The zero-order chi connectivity index (χ0) is 24.6. The Balaban J connectivity index is 1.77. The van der Waals surface area contributed by atoms with E-state index in [2.05, 4.69) is 18.4 Å². The Bertz CT molecular complexity index is 1620. The summed E-state index contributed by atoms with van der Waals surface area (Å²) in [4.78, 5) is 26.7. The van der Waals surface area contributed by atoms with Crippen LogP contribution < -0.4 is 20.7 Å². The molecule has 0 bridgehead atoms. The molecule has 2 aliphatic rings. The summed E-state index contributed by atoms with van der Waals surface area (Å²) >= 11 is 0. The Hall–Kier alpha value is -3.78. The molecule has 0 radical (unpaired) electrons. The minimum Gasteiger partial charge on any atom is -0.454 e. The number of benzene rings is 2. The molecule has 0 fully saturated rings. The molecule has 4 aromatic rings. The molecular formula is C27H27N3O5. The van der Waals surface area contributed by atoms with Gasteiger partial charge in [-0.15, -0.1) is 0 Å². The highest BCUT2D eigenvalue weighted by molar-refractivity contribution is 5.96. The van der Waals surface area contributed by atoms with Gasteiger partial charge in [-0.25, -0.2) is 4.79 Å². The molecular weight excluding hydrogens is 446 g/mol. The summed E-state index contributed by atoms with van der Waals surface area (Å²) < 4.78 is 22.5. The van der Waals surface area contributed by atoms with Crippen LogP contribution in [-0.2, 0) is 24.4 Å². The zero-order valence-corrected chi connectivity index (χ0v) is 20.4. The van der Waals surface area contributed by atoms with E-state index < -0.39 is 11.6 Å². The molecule has 0 saturated heterocycles. The van der Waals surface area contributed by atoms with E-state index in [9.17, 15) is 9.59 Å². The molecule has 0 spiro atoms. The van der Waals surface area contributed by atoms with Gasteiger partial charge in [0.25, 0.3) is 5.56 Å². The van der Waals surface area contributed by atoms with Crippen molar-refractivity contribution in [3.8, 4) is 22.8 Å². The summed E-state index contributed by atoms with van der Waals surface area (Å²) in [6, 6.07) is 13.9. The van der Waals surface area contributed by atoms with Gasteiger partial charge >= 0.3 is 5.69 Å². The number of rotatable bonds is 2. The second-order valence-corrected chi connectivity index (χ2v) is 9.98. The summed E-state index contributed by atoms with van der Waals surface area (Å²) in [5.41, 5.74) is 3.92. The van der Waals surface area contributed by atoms with Gasteiger partial charge in [-0.1, -0.05) is 35.9 Å². The maximum atomic E-state index is 13.6. The van der Waals surface area contributed by atoms with Crippen molar-refractivity contribution in [1.82, 2.24) is 13.7 Å². The van der Waals surface area contributed by atoms with E-state index >= 15 is 0 Å². The molecule has 180 valence electrons. The summed E-state index contributed by atoms with van der Waals surface area (Å²) in [5, 5.41) is 0.512. The highest BCUT2D eigenvalue weighted by atomic mass is 16.7. The van der Waals surface area contributed by atoms with Crippen LogP contribution in [-0.4, -0.2) is 27.1 Å². The molecule has 2 aromatic carbocycles. The molecule has 4 heterocycles. The van der Waals surface area contributed by atoms with E-state index in [1.807, 2.05) is 49.4 Å². The van der Waals surface area contributed by atoms with Crippen molar-refractivity contribution >= 4 is 10.9 Å². The Morgan fingerprint density at radius 1 is 0.943 bits per heavy atom. The van der Waals surface area contributed by atoms with E-state index in [0.29, 0.717) is 29.0 Å². The summed E-state index contributed by atoms with van der Waals surface area (Å²) in [6.07, 6.45) is -0.503. The minimum absolute atomic E-state index is 0.179. The minimum atomic E-state index is -0.503. The summed E-state index contributed by atoms with van der Waals surface area (Å²) in [7, 11) is 3.23. The lowest BCUT2D eigenvalue weighted by atomic mass is 9.97. The maximum Gasteiger partial charge on any atom is 0.331 e. The largest absolute Gasteiger partial charge is 0.454 e. The lowest BCUT2D eigenvalue weighted by Crippen LogP contribution is -2.40. The summed E-state index contributed by atoms with van der Waals surface area (Å²) in [6.45, 7) is 6.81. The molecule has 0 saturated carbocycles. The number of nitrogens with zero attached hydrogens (tertiary/aromatic N) is 3. The van der Waals surface area contributed by atoms with Crippen LogP contribution in [0.2, 0.25) is 0 Å². The van der Waals surface area contributed by atoms with Gasteiger partial charge in [0.05, 0.1) is 34.4 Å². The fraction of sp³-hybridized carbons (Fsp3) is 0.333. The van der Waals surface area contributed by atoms with Gasteiger partial charge in [0, 0.05) is 14.1 Å². The fourth-order valence-corrected chi connectivity index (χ4v) is 5.31. The number of aryl methyl sites for hydroxylation is 2. The van der Waals surface area contributed by atoms with Gasteiger partial charge in [0.2, 0.25) is 6.79 Å². The first kappa shape index (κ1) is 21.7. The number of ether oxygens (including phenoxy) is 3. The van der Waals surface area contributed by atoms with Crippen LogP contribution in [0.1, 0.15) is 36.8 Å². The zero-order valence-electron chi connectivity index (χ0n) is 20.4. The van der Waals surface area contributed by atoms with Crippen molar-refractivity contribution in [2.75, 3.05) is 13.4 Å². The van der Waals surface area contributed by atoms with E-state index in [-0.39, 0.29) is 18.0 Å². The second-order valence-electron chi connectivity index (χ2n) is 9.98. The first-order valence-electron chi connectivity index (χ1n) is 11.6. The van der Waals surface area contributed by atoms with Gasteiger partial charge in [-0.2, -0.15) is 0 Å². The van der Waals surface area contributed by atoms with E-state index in [4.69, 9.17) is 14.2 Å². The third-order valence-corrected chi connectivity index (χ3v) is 7.09. The van der Waals surface area contributed by atoms with Crippen LogP contribution in [0.3, 0.4) is 0 Å². The van der Waals surface area contributed by atoms with Gasteiger partial charge in [-0.3, -0.25) is 13.9 Å². The van der Waals surface area contributed by atoms with Crippen molar-refractivity contribution < 1.29 is 14.2 Å². The molecule has 0 amide bonds. The van der Waals surface area contributed by atoms with E-state index in [1.165, 1.54) is 11.6 Å². The van der Waals surface area contributed by atoms with Gasteiger partial charge in [-0.05, 0) is 44.0 Å². The fourth-order valence-electron chi connectivity index (χ4n) is 5.31. The molecule has 8 nitrogen and oxygen atoms in total. The Morgan fingerprint density at radius 2 is 1.66 bits per heavy atom. The van der Waals surface area contributed by atoms with E-state index in [1.54, 1.807) is 11.6 Å². The Labute approximate surface area is 201 Å². The SMILES string of the molecule is Cc1ccc(-c2c3c(=O)n(C)c(=O)n(C)c3c3n2C(C)(C)CO[C@@H]3c2ccc3c(c2)OCO3)cc1. The number of hydrogen-bond acceptors (Lipinski definition) is 5. The highest BCUT2D eigenvalue weighted by Gasteiger charge is 2.41. The average Bonchev–Trinajstić information content (AvgIpc) is 3.45. The molecule has 0 aliphatic carbocycles. The van der Waals surface area contributed by atoms with Gasteiger partial charge in [0.1, 0.15) is 6.10 Å². The maximum absolute atomic E-state index is 13.6. The van der Waals surface area contributed by atoms with Crippen LogP contribution >= 0.6 is 0 Å². The number of aromatic nitrogens is 3. The monoisotopic (exact) mass is 473 g/mol. The predicted molar refractivity (Wildman–Crippen MR) is 132 cm³/mol. The molecule has 8 heteroatoms. The average molecular weight is 474 g/mol. The van der Waals surface area contributed by atoms with Crippen molar-refractivity contribution in [3.63, 3.8) is 0 Å². The van der Waals surface area contributed by atoms with Crippen LogP contribution in [0.15, 0.2) is 52.1 Å². The van der Waals surface area contributed by atoms with Crippen molar-refractivity contribution in [1.29, 1.82) is 0 Å². The second kappa shape index (κ2) is 7.36. The molecule has 2 aliphatic heterocycles. The quantitative estimate of drug-likeness (QED) is 0.445. The topological polar surface area (TPSA) is 76.6 Å². The highest BCUT2D eigenvalue weighted by Crippen LogP contribution is 2.46. The molecule has 0 N–H and O–H groups in total. The first-order valence-corrected chi connectivity index (χ1v) is 11.6. The normalized spacial score (nSPS) is 18.1. The standard InChI is InChI=1S/C27H27N3O5/c1-15-6-8-16(9-7-15)21-20-22(28(4)26(32)29(5)25(20)31)23-24(33-13-27(2,3)30(21)23)17-10-11-18-19(12-17)35-14-34-18/h6-12,24H,13-14H2,1-5H3/t24-/m1/s1. The molecule has 1 atom stereocenters. The smallest absolute Gasteiger partial charge is 0.331 e. The Kier molecular flexibility index (Phi) is 4.57. The summed E-state index contributed by atoms with van der Waals surface area (Å²) in [5.74, 6) is 1.34. The number of hydrogen-bond donors (Lipinski definition) is 0. The van der Waals surface area contributed by atoms with Crippen molar-refractivity contribution in [2.24, 2.45) is 14.1 Å². The van der Waals surface area contributed by atoms with Gasteiger partial charge < -0.3 is 18.8 Å². The number of fused-ring (bicyclic) bond motifs is 4. The molecule has 0 unspecified atom stereocenters. The lowest BCUT2D eigenvalue weighted by Gasteiger charge is -2.39. The third kappa shape index (κ3) is 3.02. The van der Waals surface area contributed by atoms with E-state index in [0.717, 1.165) is 28.1 Å². The van der Waals surface area contributed by atoms with Crippen molar-refractivity contribution in [2.45, 2.75) is 32.4 Å². The van der Waals surface area contributed by atoms with Crippen molar-refractivity contribution in [3.05, 3.63) is 80.1 Å². The van der Waals surface area contributed by atoms with Crippen LogP contribution in [0.25, 0.3) is 22.2 Å². The third-order valence-electron chi connectivity index (χ3n) is 7.09. The molecule has 35 heavy (non-hydrogen) atoms. The van der Waals surface area contributed by atoms with Crippen LogP contribution in [0, 0.1) is 6.92 Å². The van der Waals surface area contributed by atoms with Gasteiger partial charge in [0.15, 0.2) is 11.5 Å². The van der Waals surface area contributed by atoms with Crippen LogP contribution in [0.5, 0.6) is 11.5 Å². The lowest BCUT2D eigenvalue weighted by molar-refractivity contribution is -0.00713. The first-order chi connectivity index (χ1) is 16.7. The molecule has 6 rings (SSSR count).